The lowest BCUT2D eigenvalue weighted by Gasteiger charge is -2.41. The summed E-state index contributed by atoms with van der Waals surface area (Å²) in [6.45, 7) is 5.37. The minimum absolute atomic E-state index is 0.0769. The fourth-order valence-electron chi connectivity index (χ4n) is 5.29. The van der Waals surface area contributed by atoms with Crippen molar-refractivity contribution >= 4 is 11.9 Å². The molecule has 8 nitrogen and oxygen atoms in total. The first kappa shape index (κ1) is 21.7. The molecule has 2 saturated heterocycles. The lowest BCUT2D eigenvalue weighted by atomic mass is 9.85. The van der Waals surface area contributed by atoms with Gasteiger partial charge in [0, 0.05) is 39.1 Å². The molecule has 33 heavy (non-hydrogen) atoms. The highest BCUT2D eigenvalue weighted by atomic mass is 16.7. The molecule has 3 amide bonds. The van der Waals surface area contributed by atoms with Crippen LogP contribution in [0.1, 0.15) is 30.9 Å². The average Bonchev–Trinajstić information content (AvgIpc) is 3.35. The van der Waals surface area contributed by atoms with Crippen molar-refractivity contribution in [3.63, 3.8) is 0 Å². The van der Waals surface area contributed by atoms with E-state index >= 15 is 0 Å². The number of carbonyl (C=O) groups is 2. The van der Waals surface area contributed by atoms with Crippen LogP contribution in [0.25, 0.3) is 0 Å². The maximum atomic E-state index is 13.4. The highest BCUT2D eigenvalue weighted by Crippen LogP contribution is 2.37. The third kappa shape index (κ3) is 4.04. The highest BCUT2D eigenvalue weighted by Gasteiger charge is 2.56. The van der Waals surface area contributed by atoms with Crippen molar-refractivity contribution < 1.29 is 19.1 Å². The van der Waals surface area contributed by atoms with Gasteiger partial charge in [0.05, 0.1) is 6.54 Å². The lowest BCUT2D eigenvalue weighted by molar-refractivity contribution is -0.135. The van der Waals surface area contributed by atoms with Gasteiger partial charge in [-0.3, -0.25) is 14.7 Å². The number of hydrogen-bond acceptors (Lipinski definition) is 6. The van der Waals surface area contributed by atoms with E-state index in [1.165, 1.54) is 10.5 Å². The second-order valence-electron chi connectivity index (χ2n) is 9.42. The Bertz CT molecular complexity index is 1040. The van der Waals surface area contributed by atoms with Crippen molar-refractivity contribution in [1.82, 2.24) is 19.7 Å². The van der Waals surface area contributed by atoms with Crippen molar-refractivity contribution in [2.45, 2.75) is 38.3 Å². The Kier molecular flexibility index (Phi) is 5.70. The zero-order valence-corrected chi connectivity index (χ0v) is 19.2. The summed E-state index contributed by atoms with van der Waals surface area (Å²) in [4.78, 5) is 35.9. The molecule has 1 aromatic carbocycles. The first-order valence-corrected chi connectivity index (χ1v) is 11.6. The molecule has 0 bridgehead atoms. The fraction of sp³-hybridized carbons (Fsp3) is 0.480. The topological polar surface area (TPSA) is 75.2 Å². The molecule has 1 aromatic heterocycles. The predicted molar refractivity (Wildman–Crippen MR) is 122 cm³/mol. The molecule has 0 radical (unpaired) electrons. The Morgan fingerprint density at radius 3 is 2.64 bits per heavy atom. The molecular formula is C25H30N4O4. The SMILES string of the molecule is CC(Cc1ccc2c(c1)OCO2)CN1CCC2(CC1)C(=O)N(Cc1cccnc1)C(=O)N2C. The van der Waals surface area contributed by atoms with Gasteiger partial charge in [-0.15, -0.1) is 0 Å². The van der Waals surface area contributed by atoms with Gasteiger partial charge in [0.25, 0.3) is 5.91 Å². The predicted octanol–water partition coefficient (Wildman–Crippen LogP) is 2.92. The molecule has 2 aromatic rings. The van der Waals surface area contributed by atoms with Crippen LogP contribution in [0.3, 0.4) is 0 Å². The van der Waals surface area contributed by atoms with Crippen LogP contribution in [0.15, 0.2) is 42.7 Å². The molecule has 8 heteroatoms. The summed E-state index contributed by atoms with van der Waals surface area (Å²) >= 11 is 0. The number of pyridine rings is 1. The number of benzene rings is 1. The number of amides is 3. The van der Waals surface area contributed by atoms with Crippen LogP contribution in [0.4, 0.5) is 4.79 Å². The van der Waals surface area contributed by atoms with E-state index in [2.05, 4.69) is 28.9 Å². The lowest BCUT2D eigenvalue weighted by Crippen LogP contribution is -2.55. The molecule has 0 saturated carbocycles. The Morgan fingerprint density at radius 2 is 1.88 bits per heavy atom. The number of imide groups is 1. The van der Waals surface area contributed by atoms with Crippen molar-refractivity contribution in [3.05, 3.63) is 53.9 Å². The van der Waals surface area contributed by atoms with E-state index in [0.717, 1.165) is 43.1 Å². The van der Waals surface area contributed by atoms with E-state index in [9.17, 15) is 9.59 Å². The average molecular weight is 451 g/mol. The molecule has 5 rings (SSSR count). The van der Waals surface area contributed by atoms with E-state index in [1.54, 1.807) is 24.3 Å². The van der Waals surface area contributed by atoms with Crippen LogP contribution in [-0.4, -0.2) is 70.6 Å². The van der Waals surface area contributed by atoms with Gasteiger partial charge in [-0.1, -0.05) is 19.1 Å². The van der Waals surface area contributed by atoms with Crippen molar-refractivity contribution in [2.24, 2.45) is 5.92 Å². The minimum Gasteiger partial charge on any atom is -0.454 e. The van der Waals surface area contributed by atoms with E-state index in [4.69, 9.17) is 9.47 Å². The van der Waals surface area contributed by atoms with E-state index in [1.807, 2.05) is 18.2 Å². The summed E-state index contributed by atoms with van der Waals surface area (Å²) in [5.41, 5.74) is 1.37. The zero-order chi connectivity index (χ0) is 23.0. The van der Waals surface area contributed by atoms with Gasteiger partial charge in [0.1, 0.15) is 5.54 Å². The van der Waals surface area contributed by atoms with Crippen LogP contribution < -0.4 is 9.47 Å². The molecule has 0 N–H and O–H groups in total. The number of nitrogens with zero attached hydrogens (tertiary/aromatic N) is 4. The summed E-state index contributed by atoms with van der Waals surface area (Å²) in [6.07, 6.45) is 5.67. The number of fused-ring (bicyclic) bond motifs is 1. The van der Waals surface area contributed by atoms with Crippen molar-refractivity contribution in [1.29, 1.82) is 0 Å². The largest absolute Gasteiger partial charge is 0.454 e. The molecule has 2 fully saturated rings. The summed E-state index contributed by atoms with van der Waals surface area (Å²) < 4.78 is 10.9. The molecule has 4 heterocycles. The third-order valence-electron chi connectivity index (χ3n) is 7.14. The molecule has 1 atom stereocenters. The van der Waals surface area contributed by atoms with Gasteiger partial charge in [0.15, 0.2) is 11.5 Å². The third-order valence-corrected chi connectivity index (χ3v) is 7.14. The second-order valence-corrected chi connectivity index (χ2v) is 9.42. The zero-order valence-electron chi connectivity index (χ0n) is 19.2. The first-order valence-electron chi connectivity index (χ1n) is 11.6. The molecule has 0 aliphatic carbocycles. The summed E-state index contributed by atoms with van der Waals surface area (Å²) in [5, 5.41) is 0. The molecule has 1 unspecified atom stereocenters. The Labute approximate surface area is 194 Å². The van der Waals surface area contributed by atoms with Gasteiger partial charge in [-0.25, -0.2) is 4.79 Å². The molecule has 3 aliphatic heterocycles. The van der Waals surface area contributed by atoms with E-state index < -0.39 is 5.54 Å². The van der Waals surface area contributed by atoms with Crippen molar-refractivity contribution in [2.75, 3.05) is 33.5 Å². The number of ether oxygens (including phenoxy) is 2. The maximum Gasteiger partial charge on any atom is 0.327 e. The van der Waals surface area contributed by atoms with E-state index in [-0.39, 0.29) is 18.5 Å². The number of carbonyl (C=O) groups excluding carboxylic acids is 2. The monoisotopic (exact) mass is 450 g/mol. The van der Waals surface area contributed by atoms with Crippen LogP contribution in [-0.2, 0) is 17.8 Å². The quantitative estimate of drug-likeness (QED) is 0.630. The second kappa shape index (κ2) is 8.67. The van der Waals surface area contributed by atoms with Gasteiger partial charge in [0.2, 0.25) is 6.79 Å². The summed E-state index contributed by atoms with van der Waals surface area (Å²) in [5.74, 6) is 2.01. The van der Waals surface area contributed by atoms with Gasteiger partial charge in [-0.2, -0.15) is 0 Å². The summed E-state index contributed by atoms with van der Waals surface area (Å²) in [7, 11) is 1.77. The number of likely N-dealkylation sites (tertiary alicyclic amines) is 1. The summed E-state index contributed by atoms with van der Waals surface area (Å²) in [6, 6.07) is 9.65. The Morgan fingerprint density at radius 1 is 1.09 bits per heavy atom. The van der Waals surface area contributed by atoms with E-state index in [0.29, 0.717) is 25.6 Å². The first-order chi connectivity index (χ1) is 16.0. The highest BCUT2D eigenvalue weighted by molar-refractivity contribution is 6.06. The number of urea groups is 1. The fourth-order valence-corrected chi connectivity index (χ4v) is 5.29. The number of likely N-dealkylation sites (N-methyl/N-ethyl adjacent to an activating group) is 1. The van der Waals surface area contributed by atoms with Crippen LogP contribution >= 0.6 is 0 Å². The minimum atomic E-state index is -0.726. The molecule has 1 spiro atoms. The Hall–Kier alpha value is -3.13. The molecule has 3 aliphatic rings. The van der Waals surface area contributed by atoms with Crippen LogP contribution in [0, 0.1) is 5.92 Å². The number of piperidine rings is 1. The maximum absolute atomic E-state index is 13.4. The molecule has 174 valence electrons. The molecular weight excluding hydrogens is 420 g/mol. The van der Waals surface area contributed by atoms with Crippen LogP contribution in [0.5, 0.6) is 11.5 Å². The van der Waals surface area contributed by atoms with Gasteiger partial charge >= 0.3 is 6.03 Å². The number of hydrogen-bond donors (Lipinski definition) is 0. The van der Waals surface area contributed by atoms with Crippen LogP contribution in [0.2, 0.25) is 0 Å². The smallest absolute Gasteiger partial charge is 0.327 e. The van der Waals surface area contributed by atoms with Gasteiger partial charge < -0.3 is 19.3 Å². The van der Waals surface area contributed by atoms with Crippen molar-refractivity contribution in [3.8, 4) is 11.5 Å². The normalized spacial score (nSPS) is 20.7. The number of aromatic nitrogens is 1. The Balaban J connectivity index is 1.18. The number of rotatable bonds is 6. The standard InChI is InChI=1S/C25H30N4O4/c1-18(12-19-5-6-21-22(13-19)33-17-32-21)15-28-10-7-25(8-11-28)23(30)29(24(31)27(25)2)16-20-4-3-9-26-14-20/h3-6,9,13-14,18H,7-8,10-12,15-17H2,1-2H3. The van der Waals surface area contributed by atoms with Gasteiger partial charge in [-0.05, 0) is 54.5 Å².